The molecule has 0 aliphatic rings. The fourth-order valence-electron chi connectivity index (χ4n) is 1.93. The summed E-state index contributed by atoms with van der Waals surface area (Å²) in [6, 6.07) is 16.4. The van der Waals surface area contributed by atoms with Gasteiger partial charge >= 0.3 is 0 Å². The van der Waals surface area contributed by atoms with E-state index < -0.39 is 0 Å². The number of nitrogens with zero attached hydrogens (tertiary/aromatic N) is 1. The molecule has 0 bridgehead atoms. The van der Waals surface area contributed by atoms with Gasteiger partial charge in [-0.25, -0.2) is 4.98 Å². The Labute approximate surface area is 116 Å². The number of benzene rings is 2. The highest BCUT2D eigenvalue weighted by Crippen LogP contribution is 2.27. The van der Waals surface area contributed by atoms with E-state index in [0.717, 1.165) is 26.6 Å². The maximum absolute atomic E-state index is 5.84. The lowest BCUT2D eigenvalue weighted by atomic mass is 10.1. The van der Waals surface area contributed by atoms with Gasteiger partial charge in [0.15, 0.2) is 5.16 Å². The quantitative estimate of drug-likeness (QED) is 0.761. The first-order valence-corrected chi connectivity index (χ1v) is 7.02. The van der Waals surface area contributed by atoms with Gasteiger partial charge in [-0.1, -0.05) is 36.0 Å². The lowest BCUT2D eigenvalue weighted by Crippen LogP contribution is -2.04. The summed E-state index contributed by atoms with van der Waals surface area (Å²) >= 11 is 1.63. The van der Waals surface area contributed by atoms with Gasteiger partial charge in [-0.05, 0) is 36.8 Å². The normalized spacial score (nSPS) is 12.7. The molecule has 1 heterocycles. The Balaban J connectivity index is 1.84. The summed E-state index contributed by atoms with van der Waals surface area (Å²) in [6.07, 6.45) is 0. The number of aromatic amines is 1. The van der Waals surface area contributed by atoms with Crippen LogP contribution >= 0.6 is 11.8 Å². The standard InChI is InChI=1S/C15H15N3S/c1-10(16)11-6-8-12(9-7-11)19-15-17-13-4-2-3-5-14(13)18-15/h2-10H,16H2,1H3,(H,17,18)/t10-/m0/s1. The molecule has 4 heteroatoms. The average Bonchev–Trinajstić information content (AvgIpc) is 2.81. The molecule has 0 aliphatic carbocycles. The van der Waals surface area contributed by atoms with Crippen LogP contribution in [0, 0.1) is 0 Å². The number of H-pyrrole nitrogens is 1. The molecular formula is C15H15N3S. The predicted molar refractivity (Wildman–Crippen MR) is 79.3 cm³/mol. The summed E-state index contributed by atoms with van der Waals surface area (Å²) in [5, 5.41) is 0.912. The van der Waals surface area contributed by atoms with Gasteiger partial charge in [-0.2, -0.15) is 0 Å². The first-order valence-electron chi connectivity index (χ1n) is 6.20. The summed E-state index contributed by atoms with van der Waals surface area (Å²) in [4.78, 5) is 9.01. The Hall–Kier alpha value is -1.78. The molecule has 1 aromatic heterocycles. The highest BCUT2D eigenvalue weighted by atomic mass is 32.2. The minimum Gasteiger partial charge on any atom is -0.333 e. The molecular weight excluding hydrogens is 254 g/mol. The Morgan fingerprint density at radius 2 is 1.84 bits per heavy atom. The molecule has 3 rings (SSSR count). The van der Waals surface area contributed by atoms with E-state index in [1.165, 1.54) is 0 Å². The molecule has 3 aromatic rings. The second-order valence-electron chi connectivity index (χ2n) is 4.52. The number of rotatable bonds is 3. The number of hydrogen-bond donors (Lipinski definition) is 2. The number of nitrogens with one attached hydrogen (secondary N) is 1. The molecule has 19 heavy (non-hydrogen) atoms. The Morgan fingerprint density at radius 3 is 2.53 bits per heavy atom. The Kier molecular flexibility index (Phi) is 3.27. The molecule has 96 valence electrons. The fourth-order valence-corrected chi connectivity index (χ4v) is 2.73. The van der Waals surface area contributed by atoms with E-state index >= 15 is 0 Å². The van der Waals surface area contributed by atoms with Gasteiger partial charge in [-0.3, -0.25) is 0 Å². The number of para-hydroxylation sites is 2. The van der Waals surface area contributed by atoms with Crippen molar-refractivity contribution in [3.05, 3.63) is 54.1 Å². The third-order valence-electron chi connectivity index (χ3n) is 2.99. The summed E-state index contributed by atoms with van der Waals surface area (Å²) in [7, 11) is 0. The first-order chi connectivity index (χ1) is 9.22. The second kappa shape index (κ2) is 5.07. The first kappa shape index (κ1) is 12.3. The molecule has 0 saturated carbocycles. The molecule has 3 N–H and O–H groups in total. The highest BCUT2D eigenvalue weighted by Gasteiger charge is 2.05. The van der Waals surface area contributed by atoms with Crippen LogP contribution in [0.3, 0.4) is 0 Å². The molecule has 3 nitrogen and oxygen atoms in total. The van der Waals surface area contributed by atoms with Crippen molar-refractivity contribution in [2.75, 3.05) is 0 Å². The van der Waals surface area contributed by atoms with Crippen LogP contribution in [0.15, 0.2) is 58.6 Å². The lowest BCUT2D eigenvalue weighted by Gasteiger charge is -2.05. The van der Waals surface area contributed by atoms with E-state index in [1.807, 2.05) is 31.2 Å². The third-order valence-corrected chi connectivity index (χ3v) is 3.88. The van der Waals surface area contributed by atoms with Gasteiger partial charge in [0, 0.05) is 10.9 Å². The van der Waals surface area contributed by atoms with E-state index in [9.17, 15) is 0 Å². The van der Waals surface area contributed by atoms with Crippen molar-refractivity contribution in [1.82, 2.24) is 9.97 Å². The highest BCUT2D eigenvalue weighted by molar-refractivity contribution is 7.99. The molecule has 0 unspecified atom stereocenters. The number of aromatic nitrogens is 2. The molecule has 0 saturated heterocycles. The van der Waals surface area contributed by atoms with Crippen LogP contribution < -0.4 is 5.73 Å². The van der Waals surface area contributed by atoms with Gasteiger partial charge < -0.3 is 10.7 Å². The van der Waals surface area contributed by atoms with Crippen LogP contribution in [0.25, 0.3) is 11.0 Å². The zero-order valence-electron chi connectivity index (χ0n) is 10.6. The van der Waals surface area contributed by atoms with E-state index in [1.54, 1.807) is 11.8 Å². The summed E-state index contributed by atoms with van der Waals surface area (Å²) in [5.41, 5.74) is 9.05. The molecule has 0 fully saturated rings. The predicted octanol–water partition coefficient (Wildman–Crippen LogP) is 3.73. The van der Waals surface area contributed by atoms with Crippen LogP contribution in [0.4, 0.5) is 0 Å². The molecule has 0 amide bonds. The van der Waals surface area contributed by atoms with Gasteiger partial charge in [-0.15, -0.1) is 0 Å². The van der Waals surface area contributed by atoms with E-state index in [2.05, 4.69) is 34.2 Å². The number of nitrogens with two attached hydrogens (primary N) is 1. The minimum atomic E-state index is 0.0743. The average molecular weight is 269 g/mol. The van der Waals surface area contributed by atoms with Gasteiger partial charge in [0.05, 0.1) is 11.0 Å². The van der Waals surface area contributed by atoms with Gasteiger partial charge in [0.25, 0.3) is 0 Å². The van der Waals surface area contributed by atoms with Crippen molar-refractivity contribution in [3.63, 3.8) is 0 Å². The Morgan fingerprint density at radius 1 is 1.11 bits per heavy atom. The number of fused-ring (bicyclic) bond motifs is 1. The minimum absolute atomic E-state index is 0.0743. The number of hydrogen-bond acceptors (Lipinski definition) is 3. The summed E-state index contributed by atoms with van der Waals surface area (Å²) in [5.74, 6) is 0. The van der Waals surface area contributed by atoms with Crippen LogP contribution in [0.1, 0.15) is 18.5 Å². The zero-order valence-corrected chi connectivity index (χ0v) is 11.4. The maximum atomic E-state index is 5.84. The largest absolute Gasteiger partial charge is 0.333 e. The maximum Gasteiger partial charge on any atom is 0.171 e. The van der Waals surface area contributed by atoms with Crippen LogP contribution in [0.5, 0.6) is 0 Å². The SMILES string of the molecule is C[C@H](N)c1ccc(Sc2nc3ccccc3[nH]2)cc1. The van der Waals surface area contributed by atoms with Crippen LogP contribution in [0.2, 0.25) is 0 Å². The molecule has 2 aromatic carbocycles. The molecule has 0 aliphatic heterocycles. The molecule has 0 radical (unpaired) electrons. The Bertz CT molecular complexity index is 653. The van der Waals surface area contributed by atoms with Crippen molar-refractivity contribution in [1.29, 1.82) is 0 Å². The monoisotopic (exact) mass is 269 g/mol. The van der Waals surface area contributed by atoms with Crippen molar-refractivity contribution < 1.29 is 0 Å². The smallest absolute Gasteiger partial charge is 0.171 e. The number of imidazole rings is 1. The van der Waals surface area contributed by atoms with Gasteiger partial charge in [0.1, 0.15) is 0 Å². The molecule has 1 atom stereocenters. The van der Waals surface area contributed by atoms with E-state index in [-0.39, 0.29) is 6.04 Å². The van der Waals surface area contributed by atoms with Crippen LogP contribution in [-0.4, -0.2) is 9.97 Å². The summed E-state index contributed by atoms with van der Waals surface area (Å²) < 4.78 is 0. The third kappa shape index (κ3) is 2.64. The van der Waals surface area contributed by atoms with Gasteiger partial charge in [0.2, 0.25) is 0 Å². The second-order valence-corrected chi connectivity index (χ2v) is 5.58. The zero-order chi connectivity index (χ0) is 13.2. The fraction of sp³-hybridized carbons (Fsp3) is 0.133. The van der Waals surface area contributed by atoms with Crippen molar-refractivity contribution in [2.45, 2.75) is 23.0 Å². The molecule has 0 spiro atoms. The van der Waals surface area contributed by atoms with E-state index in [0.29, 0.717) is 0 Å². The van der Waals surface area contributed by atoms with Crippen molar-refractivity contribution in [2.24, 2.45) is 5.73 Å². The topological polar surface area (TPSA) is 54.7 Å². The van der Waals surface area contributed by atoms with Crippen LogP contribution in [-0.2, 0) is 0 Å². The lowest BCUT2D eigenvalue weighted by molar-refractivity contribution is 0.817. The van der Waals surface area contributed by atoms with Crippen molar-refractivity contribution >= 4 is 22.8 Å². The van der Waals surface area contributed by atoms with Crippen molar-refractivity contribution in [3.8, 4) is 0 Å². The van der Waals surface area contributed by atoms with E-state index in [4.69, 9.17) is 5.73 Å². The summed E-state index contributed by atoms with van der Waals surface area (Å²) in [6.45, 7) is 1.99.